The first-order valence-corrected chi connectivity index (χ1v) is 6.76. The molecule has 21 heavy (non-hydrogen) atoms. The van der Waals surface area contributed by atoms with Crippen molar-refractivity contribution < 1.29 is 4.79 Å². The van der Waals surface area contributed by atoms with Crippen LogP contribution in [0.4, 0.5) is 0 Å². The Labute approximate surface area is 123 Å². The maximum Gasteiger partial charge on any atom is 0.153 e. The molecule has 0 radical (unpaired) electrons. The summed E-state index contributed by atoms with van der Waals surface area (Å²) >= 11 is 0. The monoisotopic (exact) mass is 277 g/mol. The van der Waals surface area contributed by atoms with Crippen LogP contribution < -0.4 is 0 Å². The number of aryl methyl sites for hydroxylation is 1. The van der Waals surface area contributed by atoms with E-state index in [1.165, 1.54) is 5.56 Å². The van der Waals surface area contributed by atoms with Crippen LogP contribution in [0.25, 0.3) is 11.4 Å². The van der Waals surface area contributed by atoms with Gasteiger partial charge in [0.05, 0.1) is 17.8 Å². The number of nitrogens with zero attached hydrogens (tertiary/aromatic N) is 3. The molecule has 2 aromatic heterocycles. The van der Waals surface area contributed by atoms with Crippen molar-refractivity contribution in [1.82, 2.24) is 14.8 Å². The second-order valence-electron chi connectivity index (χ2n) is 4.95. The Morgan fingerprint density at radius 2 is 1.95 bits per heavy atom. The van der Waals surface area contributed by atoms with Crippen molar-refractivity contribution >= 4 is 6.29 Å². The first-order chi connectivity index (χ1) is 10.3. The Morgan fingerprint density at radius 1 is 1.14 bits per heavy atom. The molecule has 0 N–H and O–H groups in total. The summed E-state index contributed by atoms with van der Waals surface area (Å²) in [5.74, 6) is 0. The van der Waals surface area contributed by atoms with Gasteiger partial charge in [0, 0.05) is 12.4 Å². The fourth-order valence-corrected chi connectivity index (χ4v) is 2.19. The van der Waals surface area contributed by atoms with E-state index in [0.717, 1.165) is 11.8 Å². The minimum atomic E-state index is 0.556. The number of aldehydes is 1. The van der Waals surface area contributed by atoms with E-state index in [-0.39, 0.29) is 0 Å². The minimum Gasteiger partial charge on any atom is -0.298 e. The molecule has 0 fully saturated rings. The van der Waals surface area contributed by atoms with Crippen molar-refractivity contribution in [3.8, 4) is 11.4 Å². The molecule has 0 atom stereocenters. The first kappa shape index (κ1) is 13.2. The van der Waals surface area contributed by atoms with Gasteiger partial charge in [0.15, 0.2) is 6.29 Å². The quantitative estimate of drug-likeness (QED) is 0.688. The van der Waals surface area contributed by atoms with Crippen LogP contribution in [0.2, 0.25) is 0 Å². The molecule has 0 aliphatic carbocycles. The number of rotatable bonds is 4. The molecule has 4 heteroatoms. The highest BCUT2D eigenvalue weighted by Crippen LogP contribution is 2.18. The molecule has 104 valence electrons. The summed E-state index contributed by atoms with van der Waals surface area (Å²) in [4.78, 5) is 15.5. The van der Waals surface area contributed by atoms with Gasteiger partial charge >= 0.3 is 0 Å². The maximum atomic E-state index is 11.2. The first-order valence-electron chi connectivity index (χ1n) is 6.76. The molecular weight excluding hydrogens is 262 g/mol. The molecule has 0 amide bonds. The maximum absolute atomic E-state index is 11.2. The Bertz CT molecular complexity index is 745. The van der Waals surface area contributed by atoms with Gasteiger partial charge in [-0.25, -0.2) is 0 Å². The van der Waals surface area contributed by atoms with Crippen LogP contribution in [-0.2, 0) is 6.54 Å². The summed E-state index contributed by atoms with van der Waals surface area (Å²) in [6.07, 6.45) is 4.28. The molecule has 0 aliphatic heterocycles. The number of carbonyl (C=O) groups excluding carboxylic acids is 1. The van der Waals surface area contributed by atoms with Crippen molar-refractivity contribution in [1.29, 1.82) is 0 Å². The molecule has 0 spiro atoms. The average molecular weight is 277 g/mol. The highest BCUT2D eigenvalue weighted by atomic mass is 16.1. The Hall–Kier alpha value is -2.75. The van der Waals surface area contributed by atoms with Crippen LogP contribution >= 0.6 is 0 Å². The van der Waals surface area contributed by atoms with Crippen molar-refractivity contribution in [3.05, 3.63) is 71.5 Å². The summed E-state index contributed by atoms with van der Waals surface area (Å²) in [5, 5.41) is 4.49. The fourth-order valence-electron chi connectivity index (χ4n) is 2.19. The Kier molecular flexibility index (Phi) is 3.60. The van der Waals surface area contributed by atoms with Crippen molar-refractivity contribution in [2.24, 2.45) is 0 Å². The predicted molar refractivity (Wildman–Crippen MR) is 81.1 cm³/mol. The topological polar surface area (TPSA) is 47.8 Å². The lowest BCUT2D eigenvalue weighted by Gasteiger charge is -2.02. The molecule has 1 aromatic carbocycles. The zero-order chi connectivity index (χ0) is 14.7. The number of benzene rings is 1. The predicted octanol–water partition coefficient (Wildman–Crippen LogP) is 3.11. The second-order valence-corrected chi connectivity index (χ2v) is 4.95. The molecule has 4 nitrogen and oxygen atoms in total. The zero-order valence-electron chi connectivity index (χ0n) is 11.7. The molecule has 3 aromatic rings. The highest BCUT2D eigenvalue weighted by molar-refractivity contribution is 5.84. The largest absolute Gasteiger partial charge is 0.298 e. The minimum absolute atomic E-state index is 0.556. The van der Waals surface area contributed by atoms with Gasteiger partial charge in [-0.05, 0) is 24.6 Å². The van der Waals surface area contributed by atoms with E-state index in [0.29, 0.717) is 23.5 Å². The van der Waals surface area contributed by atoms with Crippen LogP contribution in [-0.4, -0.2) is 21.1 Å². The van der Waals surface area contributed by atoms with Crippen molar-refractivity contribution in [2.75, 3.05) is 0 Å². The summed E-state index contributed by atoms with van der Waals surface area (Å²) in [6, 6.07) is 13.9. The number of hydrogen-bond acceptors (Lipinski definition) is 3. The van der Waals surface area contributed by atoms with Crippen molar-refractivity contribution in [2.45, 2.75) is 13.5 Å². The van der Waals surface area contributed by atoms with Gasteiger partial charge in [-0.2, -0.15) is 5.10 Å². The summed E-state index contributed by atoms with van der Waals surface area (Å²) in [6.45, 7) is 2.69. The molecular formula is C17H15N3O. The highest BCUT2D eigenvalue weighted by Gasteiger charge is 2.11. The van der Waals surface area contributed by atoms with Gasteiger partial charge in [0.2, 0.25) is 0 Å². The third kappa shape index (κ3) is 2.89. The van der Waals surface area contributed by atoms with Gasteiger partial charge in [0.25, 0.3) is 0 Å². The Morgan fingerprint density at radius 3 is 2.62 bits per heavy atom. The second kappa shape index (κ2) is 5.71. The molecule has 0 aliphatic rings. The SMILES string of the molecule is Cc1ccc(Cn2cc(C=O)c(-c3ccccn3)n2)cc1. The fraction of sp³-hybridized carbons (Fsp3) is 0.118. The van der Waals surface area contributed by atoms with Crippen LogP contribution in [0.1, 0.15) is 21.5 Å². The molecule has 0 unspecified atom stereocenters. The number of pyridine rings is 1. The number of aromatic nitrogens is 3. The van der Waals surface area contributed by atoms with E-state index < -0.39 is 0 Å². The lowest BCUT2D eigenvalue weighted by Crippen LogP contribution is -2.00. The van der Waals surface area contributed by atoms with E-state index in [1.807, 2.05) is 18.2 Å². The lowest BCUT2D eigenvalue weighted by atomic mass is 10.1. The molecule has 3 rings (SSSR count). The van der Waals surface area contributed by atoms with Gasteiger partial charge in [-0.15, -0.1) is 0 Å². The van der Waals surface area contributed by atoms with Crippen LogP contribution in [0, 0.1) is 6.92 Å². The third-order valence-corrected chi connectivity index (χ3v) is 3.29. The number of hydrogen-bond donors (Lipinski definition) is 0. The summed E-state index contributed by atoms with van der Waals surface area (Å²) in [7, 11) is 0. The average Bonchev–Trinajstić information content (AvgIpc) is 2.93. The molecule has 0 saturated carbocycles. The third-order valence-electron chi connectivity index (χ3n) is 3.29. The lowest BCUT2D eigenvalue weighted by molar-refractivity contribution is 0.112. The van der Waals surface area contributed by atoms with Gasteiger partial charge < -0.3 is 0 Å². The summed E-state index contributed by atoms with van der Waals surface area (Å²) in [5.41, 5.74) is 4.26. The summed E-state index contributed by atoms with van der Waals surface area (Å²) < 4.78 is 1.78. The molecule has 0 saturated heterocycles. The van der Waals surface area contributed by atoms with Gasteiger partial charge in [0.1, 0.15) is 5.69 Å². The van der Waals surface area contributed by atoms with E-state index >= 15 is 0 Å². The Balaban J connectivity index is 1.92. The number of carbonyl (C=O) groups is 1. The zero-order valence-corrected chi connectivity index (χ0v) is 11.7. The van der Waals surface area contributed by atoms with Gasteiger partial charge in [-0.3, -0.25) is 14.5 Å². The van der Waals surface area contributed by atoms with Crippen LogP contribution in [0.3, 0.4) is 0 Å². The van der Waals surface area contributed by atoms with E-state index in [9.17, 15) is 4.79 Å². The molecule has 2 heterocycles. The van der Waals surface area contributed by atoms with E-state index in [1.54, 1.807) is 17.1 Å². The standard InChI is InChI=1S/C17H15N3O/c1-13-5-7-14(8-6-13)10-20-11-15(12-21)17(19-20)16-4-2-3-9-18-16/h2-9,11-12H,10H2,1H3. The van der Waals surface area contributed by atoms with Crippen LogP contribution in [0.5, 0.6) is 0 Å². The normalized spacial score (nSPS) is 10.5. The smallest absolute Gasteiger partial charge is 0.153 e. The van der Waals surface area contributed by atoms with E-state index in [2.05, 4.69) is 41.3 Å². The van der Waals surface area contributed by atoms with E-state index in [4.69, 9.17) is 0 Å². The van der Waals surface area contributed by atoms with Crippen LogP contribution in [0.15, 0.2) is 54.9 Å². The molecule has 0 bridgehead atoms. The van der Waals surface area contributed by atoms with Crippen molar-refractivity contribution in [3.63, 3.8) is 0 Å². The van der Waals surface area contributed by atoms with Gasteiger partial charge in [-0.1, -0.05) is 35.9 Å².